The Hall–Kier alpha value is -3.51. The standard InChI is InChI=1S/C29H34N4O2/c1-19(30)22-10-12-24(13-11-22)29-27(23-6-4-3-5-7-23)17-26(18-31-29)33-28(35)16-21-8-14-25(15-9-21)32-20(2)34/h3-7,10-13,17-19,21,25H,8-9,14-16,30H2,1-2H3,(H,32,34)(H,33,35)/t19-,21-,25-/m0/s1. The Bertz CT molecular complexity index is 1150. The number of nitrogens with zero attached hydrogens (tertiary/aromatic N) is 1. The first-order valence-corrected chi connectivity index (χ1v) is 12.4. The lowest BCUT2D eigenvalue weighted by Crippen LogP contribution is -2.36. The highest BCUT2D eigenvalue weighted by molar-refractivity contribution is 5.93. The maximum absolute atomic E-state index is 12.8. The average Bonchev–Trinajstić information content (AvgIpc) is 2.85. The van der Waals surface area contributed by atoms with Gasteiger partial charge in [0.1, 0.15) is 0 Å². The van der Waals surface area contributed by atoms with Crippen LogP contribution in [0.5, 0.6) is 0 Å². The summed E-state index contributed by atoms with van der Waals surface area (Å²) in [5.74, 6) is 0.355. The highest BCUT2D eigenvalue weighted by Crippen LogP contribution is 2.33. The van der Waals surface area contributed by atoms with Crippen molar-refractivity contribution in [1.29, 1.82) is 0 Å². The number of pyridine rings is 1. The number of amides is 2. The second kappa shape index (κ2) is 11.3. The molecule has 1 heterocycles. The summed E-state index contributed by atoms with van der Waals surface area (Å²) in [6.07, 6.45) is 5.95. The fraction of sp³-hybridized carbons (Fsp3) is 0.345. The topological polar surface area (TPSA) is 97.1 Å². The lowest BCUT2D eigenvalue weighted by molar-refractivity contribution is -0.120. The first-order valence-electron chi connectivity index (χ1n) is 12.4. The van der Waals surface area contributed by atoms with Gasteiger partial charge in [-0.1, -0.05) is 54.6 Å². The molecule has 6 heteroatoms. The summed E-state index contributed by atoms with van der Waals surface area (Å²) in [4.78, 5) is 28.8. The third kappa shape index (κ3) is 6.55. The first-order chi connectivity index (χ1) is 16.9. The maximum Gasteiger partial charge on any atom is 0.224 e. The number of carbonyl (C=O) groups excluding carboxylic acids is 2. The van der Waals surface area contributed by atoms with E-state index in [1.54, 1.807) is 13.1 Å². The van der Waals surface area contributed by atoms with Crippen LogP contribution in [0.15, 0.2) is 66.9 Å². The van der Waals surface area contributed by atoms with Crippen molar-refractivity contribution < 1.29 is 9.59 Å². The molecule has 1 atom stereocenters. The van der Waals surface area contributed by atoms with E-state index in [2.05, 4.69) is 22.8 Å². The van der Waals surface area contributed by atoms with Crippen molar-refractivity contribution in [2.24, 2.45) is 11.7 Å². The van der Waals surface area contributed by atoms with Gasteiger partial charge in [0.2, 0.25) is 11.8 Å². The quantitative estimate of drug-likeness (QED) is 0.427. The van der Waals surface area contributed by atoms with E-state index in [0.29, 0.717) is 18.0 Å². The van der Waals surface area contributed by atoms with Crippen LogP contribution in [0.1, 0.15) is 57.6 Å². The molecule has 1 saturated carbocycles. The second-order valence-corrected chi connectivity index (χ2v) is 9.57. The van der Waals surface area contributed by atoms with Gasteiger partial charge in [0, 0.05) is 36.6 Å². The monoisotopic (exact) mass is 470 g/mol. The first kappa shape index (κ1) is 24.6. The van der Waals surface area contributed by atoms with Crippen LogP contribution < -0.4 is 16.4 Å². The summed E-state index contributed by atoms with van der Waals surface area (Å²) in [7, 11) is 0. The third-order valence-corrected chi connectivity index (χ3v) is 6.69. The molecular weight excluding hydrogens is 436 g/mol. The van der Waals surface area contributed by atoms with Crippen LogP contribution >= 0.6 is 0 Å². The molecule has 2 aromatic carbocycles. The van der Waals surface area contributed by atoms with E-state index in [1.807, 2.05) is 55.5 Å². The van der Waals surface area contributed by atoms with E-state index in [0.717, 1.165) is 53.6 Å². The van der Waals surface area contributed by atoms with Gasteiger partial charge in [-0.15, -0.1) is 0 Å². The lowest BCUT2D eigenvalue weighted by Gasteiger charge is -2.28. The molecule has 35 heavy (non-hydrogen) atoms. The van der Waals surface area contributed by atoms with Crippen LogP contribution in [0.3, 0.4) is 0 Å². The molecule has 4 N–H and O–H groups in total. The molecule has 0 aliphatic heterocycles. The minimum absolute atomic E-state index is 0.00262. The largest absolute Gasteiger partial charge is 0.354 e. The molecule has 182 valence electrons. The zero-order valence-electron chi connectivity index (χ0n) is 20.5. The molecule has 3 aromatic rings. The zero-order chi connectivity index (χ0) is 24.8. The van der Waals surface area contributed by atoms with Crippen molar-refractivity contribution in [3.8, 4) is 22.4 Å². The van der Waals surface area contributed by atoms with Crippen molar-refractivity contribution in [3.63, 3.8) is 0 Å². The molecule has 2 amide bonds. The molecule has 1 aromatic heterocycles. The van der Waals surface area contributed by atoms with Gasteiger partial charge in [-0.3, -0.25) is 14.6 Å². The molecule has 0 bridgehead atoms. The number of nitrogens with one attached hydrogen (secondary N) is 2. The van der Waals surface area contributed by atoms with Gasteiger partial charge in [0.05, 0.1) is 17.6 Å². The highest BCUT2D eigenvalue weighted by atomic mass is 16.2. The Morgan fingerprint density at radius 1 is 1.00 bits per heavy atom. The Labute approximate surface area is 207 Å². The van der Waals surface area contributed by atoms with E-state index in [-0.39, 0.29) is 23.9 Å². The average molecular weight is 471 g/mol. The predicted molar refractivity (Wildman–Crippen MR) is 141 cm³/mol. The maximum atomic E-state index is 12.8. The molecule has 0 saturated heterocycles. The fourth-order valence-electron chi connectivity index (χ4n) is 4.82. The van der Waals surface area contributed by atoms with Gasteiger partial charge in [-0.2, -0.15) is 0 Å². The van der Waals surface area contributed by atoms with Crippen molar-refractivity contribution in [1.82, 2.24) is 10.3 Å². The van der Waals surface area contributed by atoms with Crippen LogP contribution in [0.2, 0.25) is 0 Å². The Morgan fingerprint density at radius 2 is 1.69 bits per heavy atom. The molecule has 0 radical (unpaired) electrons. The minimum Gasteiger partial charge on any atom is -0.354 e. The molecule has 1 aliphatic rings. The van der Waals surface area contributed by atoms with Crippen molar-refractivity contribution in [3.05, 3.63) is 72.4 Å². The summed E-state index contributed by atoms with van der Waals surface area (Å²) in [5.41, 5.74) is 11.6. The fourth-order valence-corrected chi connectivity index (χ4v) is 4.82. The zero-order valence-corrected chi connectivity index (χ0v) is 20.5. The van der Waals surface area contributed by atoms with E-state index < -0.39 is 0 Å². The van der Waals surface area contributed by atoms with Gasteiger partial charge in [-0.25, -0.2) is 0 Å². The van der Waals surface area contributed by atoms with E-state index >= 15 is 0 Å². The number of hydrogen-bond donors (Lipinski definition) is 3. The Balaban J connectivity index is 1.49. The lowest BCUT2D eigenvalue weighted by atomic mass is 9.84. The van der Waals surface area contributed by atoms with Gasteiger partial charge in [0.15, 0.2) is 0 Å². The van der Waals surface area contributed by atoms with Crippen LogP contribution in [0, 0.1) is 5.92 Å². The van der Waals surface area contributed by atoms with Crippen LogP contribution in [0.25, 0.3) is 22.4 Å². The summed E-state index contributed by atoms with van der Waals surface area (Å²) >= 11 is 0. The third-order valence-electron chi connectivity index (χ3n) is 6.69. The van der Waals surface area contributed by atoms with Gasteiger partial charge >= 0.3 is 0 Å². The van der Waals surface area contributed by atoms with Gasteiger partial charge < -0.3 is 16.4 Å². The number of aromatic nitrogens is 1. The number of benzene rings is 2. The van der Waals surface area contributed by atoms with Gasteiger partial charge in [-0.05, 0) is 55.7 Å². The van der Waals surface area contributed by atoms with E-state index in [1.165, 1.54) is 0 Å². The number of carbonyl (C=O) groups is 2. The van der Waals surface area contributed by atoms with Gasteiger partial charge in [0.25, 0.3) is 0 Å². The summed E-state index contributed by atoms with van der Waals surface area (Å²) in [6.45, 7) is 3.52. The van der Waals surface area contributed by atoms with Crippen molar-refractivity contribution >= 4 is 17.5 Å². The number of nitrogens with two attached hydrogens (primary N) is 1. The molecule has 4 rings (SSSR count). The summed E-state index contributed by atoms with van der Waals surface area (Å²) in [5, 5.41) is 6.05. The molecule has 1 aliphatic carbocycles. The van der Waals surface area contributed by atoms with E-state index in [4.69, 9.17) is 10.7 Å². The van der Waals surface area contributed by atoms with E-state index in [9.17, 15) is 9.59 Å². The SMILES string of the molecule is CC(=O)N[C@H]1CC[C@H](CC(=O)Nc2cnc(-c3ccc([C@H](C)N)cc3)c(-c3ccccc3)c2)CC1. The highest BCUT2D eigenvalue weighted by Gasteiger charge is 2.23. The molecule has 1 fully saturated rings. The minimum atomic E-state index is -0.0244. The number of anilines is 1. The Kier molecular flexibility index (Phi) is 7.93. The normalized spacial score (nSPS) is 18.5. The van der Waals surface area contributed by atoms with Crippen molar-refractivity contribution in [2.75, 3.05) is 5.32 Å². The molecular formula is C29H34N4O2. The molecule has 6 nitrogen and oxygen atoms in total. The predicted octanol–water partition coefficient (Wildman–Crippen LogP) is 5.46. The van der Waals surface area contributed by atoms with Crippen molar-refractivity contribution in [2.45, 2.75) is 58.0 Å². The number of rotatable bonds is 7. The summed E-state index contributed by atoms with van der Waals surface area (Å²) in [6, 6.07) is 20.5. The number of hydrogen-bond acceptors (Lipinski definition) is 4. The van der Waals surface area contributed by atoms with Crippen LogP contribution in [0.4, 0.5) is 5.69 Å². The molecule has 0 spiro atoms. The second-order valence-electron chi connectivity index (χ2n) is 9.57. The smallest absolute Gasteiger partial charge is 0.224 e. The Morgan fingerprint density at radius 3 is 2.31 bits per heavy atom. The van der Waals surface area contributed by atoms with Crippen LogP contribution in [-0.4, -0.2) is 22.8 Å². The molecule has 0 unspecified atom stereocenters. The van der Waals surface area contributed by atoms with Crippen LogP contribution in [-0.2, 0) is 9.59 Å². The summed E-state index contributed by atoms with van der Waals surface area (Å²) < 4.78 is 0.